The second-order valence-corrected chi connectivity index (χ2v) is 4.14. The molecule has 0 aliphatic carbocycles. The van der Waals surface area contributed by atoms with Crippen molar-refractivity contribution in [1.29, 1.82) is 0 Å². The van der Waals surface area contributed by atoms with E-state index < -0.39 is 0 Å². The summed E-state index contributed by atoms with van der Waals surface area (Å²) >= 11 is 5.37. The van der Waals surface area contributed by atoms with Crippen LogP contribution in [0.15, 0.2) is 0 Å². The summed E-state index contributed by atoms with van der Waals surface area (Å²) in [6.45, 7) is 6.15. The monoisotopic (exact) mass is 189 g/mol. The third-order valence-electron chi connectivity index (χ3n) is 2.73. The van der Waals surface area contributed by atoms with Gasteiger partial charge in [0.2, 0.25) is 0 Å². The molecule has 2 nitrogen and oxygen atoms in total. The van der Waals surface area contributed by atoms with Gasteiger partial charge in [-0.1, -0.05) is 13.8 Å². The van der Waals surface area contributed by atoms with Crippen molar-refractivity contribution in [2.75, 3.05) is 13.1 Å². The molecule has 1 rings (SSSR count). The molecule has 0 saturated carbocycles. The van der Waals surface area contributed by atoms with E-state index in [0.29, 0.717) is 0 Å². The van der Waals surface area contributed by atoms with Crippen molar-refractivity contribution in [2.45, 2.75) is 26.7 Å². The third-order valence-corrected chi connectivity index (χ3v) is 2.97. The molecule has 0 radical (unpaired) electrons. The molecule has 0 spiro atoms. The Balaban J connectivity index is 2.34. The van der Waals surface area contributed by atoms with E-state index in [1.807, 2.05) is 0 Å². The van der Waals surface area contributed by atoms with Gasteiger partial charge in [-0.15, -0.1) is 0 Å². The highest BCUT2D eigenvalue weighted by Crippen LogP contribution is 2.24. The van der Waals surface area contributed by atoms with Gasteiger partial charge in [0.1, 0.15) is 0 Å². The van der Waals surface area contributed by atoms with Crippen molar-refractivity contribution >= 4 is 17.0 Å². The Morgan fingerprint density at radius 3 is 2.25 bits per heavy atom. The van der Waals surface area contributed by atoms with Gasteiger partial charge in [0.25, 0.3) is 0 Å². The van der Waals surface area contributed by atoms with Gasteiger partial charge >= 0.3 is 5.37 Å². The quantitative estimate of drug-likeness (QED) is 0.459. The molecule has 1 saturated heterocycles. The van der Waals surface area contributed by atoms with Gasteiger partial charge in [-0.2, -0.15) is 0 Å². The van der Waals surface area contributed by atoms with Gasteiger partial charge in [0.15, 0.2) is 0 Å². The van der Waals surface area contributed by atoms with Crippen molar-refractivity contribution in [3.05, 3.63) is 0 Å². The van der Waals surface area contributed by atoms with E-state index in [1.165, 1.54) is 0 Å². The van der Waals surface area contributed by atoms with E-state index in [-0.39, 0.29) is 5.37 Å². The topological polar surface area (TPSA) is 20.3 Å². The second-order valence-electron chi connectivity index (χ2n) is 3.82. The summed E-state index contributed by atoms with van der Waals surface area (Å²) in [5.41, 5.74) is 0. The normalized spacial score (nSPS) is 20.2. The Morgan fingerprint density at radius 1 is 1.42 bits per heavy atom. The summed E-state index contributed by atoms with van der Waals surface area (Å²) in [7, 11) is 0. The smallest absolute Gasteiger partial charge is 0.316 e. The van der Waals surface area contributed by atoms with Crippen molar-refractivity contribution in [1.82, 2.24) is 4.90 Å². The summed E-state index contributed by atoms with van der Waals surface area (Å²) in [4.78, 5) is 12.5. The predicted octanol–water partition coefficient (Wildman–Crippen LogP) is 2.71. The Labute approximate surface area is 78.9 Å². The van der Waals surface area contributed by atoms with E-state index >= 15 is 0 Å². The maximum atomic E-state index is 10.8. The van der Waals surface area contributed by atoms with Crippen LogP contribution in [0.25, 0.3) is 0 Å². The molecule has 1 amide bonds. The largest absolute Gasteiger partial charge is 0.329 e. The fraction of sp³-hybridized carbons (Fsp3) is 0.889. The summed E-state index contributed by atoms with van der Waals surface area (Å²) in [5, 5.41) is -0.294. The number of carbonyl (C=O) groups excluding carboxylic acids is 1. The zero-order valence-electron chi connectivity index (χ0n) is 7.72. The molecule has 0 aromatic heterocycles. The van der Waals surface area contributed by atoms with Gasteiger partial charge in [-0.25, -0.2) is 0 Å². The predicted molar refractivity (Wildman–Crippen MR) is 50.4 cm³/mol. The molecular formula is C9H16ClNO. The molecule has 1 aliphatic rings. The first-order valence-corrected chi connectivity index (χ1v) is 4.93. The molecule has 0 bridgehead atoms. The zero-order valence-corrected chi connectivity index (χ0v) is 8.47. The van der Waals surface area contributed by atoms with E-state index in [1.54, 1.807) is 4.90 Å². The number of rotatable bonds is 1. The lowest BCUT2D eigenvalue weighted by atomic mass is 9.87. The minimum absolute atomic E-state index is 0.294. The third kappa shape index (κ3) is 2.37. The maximum Gasteiger partial charge on any atom is 0.316 e. The molecule has 0 aromatic rings. The lowest BCUT2D eigenvalue weighted by Gasteiger charge is -2.32. The molecule has 70 valence electrons. The Hall–Kier alpha value is -0.240. The maximum absolute atomic E-state index is 10.8. The van der Waals surface area contributed by atoms with Crippen molar-refractivity contribution < 1.29 is 4.79 Å². The molecule has 1 heterocycles. The molecule has 0 aromatic carbocycles. The van der Waals surface area contributed by atoms with Crippen LogP contribution in [0.2, 0.25) is 0 Å². The van der Waals surface area contributed by atoms with Gasteiger partial charge in [-0.3, -0.25) is 4.79 Å². The summed E-state index contributed by atoms with van der Waals surface area (Å²) in [6.07, 6.45) is 2.21. The Kier molecular flexibility index (Phi) is 3.39. The van der Waals surface area contributed by atoms with Crippen LogP contribution < -0.4 is 0 Å². The summed E-state index contributed by atoms with van der Waals surface area (Å²) in [6, 6.07) is 0. The van der Waals surface area contributed by atoms with Crippen LogP contribution in [0.3, 0.4) is 0 Å². The molecule has 12 heavy (non-hydrogen) atoms. The second kappa shape index (κ2) is 4.13. The number of carbonyl (C=O) groups is 1. The number of nitrogens with zero attached hydrogens (tertiary/aromatic N) is 1. The molecular weight excluding hydrogens is 174 g/mol. The van der Waals surface area contributed by atoms with Gasteiger partial charge < -0.3 is 4.90 Å². The first-order chi connectivity index (χ1) is 5.61. The van der Waals surface area contributed by atoms with E-state index in [9.17, 15) is 4.79 Å². The number of likely N-dealkylation sites (tertiary alicyclic amines) is 1. The van der Waals surface area contributed by atoms with Gasteiger partial charge in [0, 0.05) is 13.1 Å². The highest BCUT2D eigenvalue weighted by Gasteiger charge is 2.23. The fourth-order valence-electron chi connectivity index (χ4n) is 1.74. The van der Waals surface area contributed by atoms with E-state index in [4.69, 9.17) is 11.6 Å². The lowest BCUT2D eigenvalue weighted by Crippen LogP contribution is -2.36. The first-order valence-electron chi connectivity index (χ1n) is 4.55. The fourth-order valence-corrected chi connectivity index (χ4v) is 1.91. The van der Waals surface area contributed by atoms with Crippen LogP contribution in [0, 0.1) is 11.8 Å². The Bertz CT molecular complexity index is 162. The number of amides is 1. The van der Waals surface area contributed by atoms with E-state index in [0.717, 1.165) is 37.8 Å². The van der Waals surface area contributed by atoms with Crippen LogP contribution in [-0.2, 0) is 0 Å². The SMILES string of the molecule is CC(C)C1CCN(C(=O)Cl)CC1. The van der Waals surface area contributed by atoms with Gasteiger partial charge in [-0.05, 0) is 36.3 Å². The average molecular weight is 190 g/mol. The van der Waals surface area contributed by atoms with Crippen molar-refractivity contribution in [3.63, 3.8) is 0 Å². The lowest BCUT2D eigenvalue weighted by molar-refractivity contribution is 0.174. The minimum Gasteiger partial charge on any atom is -0.329 e. The number of piperidine rings is 1. The standard InChI is InChI=1S/C9H16ClNO/c1-7(2)8-3-5-11(6-4-8)9(10)12/h7-8H,3-6H2,1-2H3. The zero-order chi connectivity index (χ0) is 9.14. The summed E-state index contributed by atoms with van der Waals surface area (Å²) in [5.74, 6) is 1.51. The average Bonchev–Trinajstić information content (AvgIpc) is 2.04. The van der Waals surface area contributed by atoms with Crippen LogP contribution in [0.1, 0.15) is 26.7 Å². The molecule has 0 N–H and O–H groups in total. The highest BCUT2D eigenvalue weighted by atomic mass is 35.5. The van der Waals surface area contributed by atoms with Crippen molar-refractivity contribution in [3.8, 4) is 0 Å². The van der Waals surface area contributed by atoms with Crippen LogP contribution in [0.4, 0.5) is 4.79 Å². The number of halogens is 1. The number of hydrogen-bond acceptors (Lipinski definition) is 1. The van der Waals surface area contributed by atoms with Crippen molar-refractivity contribution in [2.24, 2.45) is 11.8 Å². The molecule has 1 fully saturated rings. The molecule has 3 heteroatoms. The van der Waals surface area contributed by atoms with E-state index in [2.05, 4.69) is 13.8 Å². The number of hydrogen-bond donors (Lipinski definition) is 0. The van der Waals surface area contributed by atoms with Gasteiger partial charge in [0.05, 0.1) is 0 Å². The van der Waals surface area contributed by atoms with Crippen LogP contribution >= 0.6 is 11.6 Å². The molecule has 1 aliphatic heterocycles. The van der Waals surface area contributed by atoms with Crippen LogP contribution in [0.5, 0.6) is 0 Å². The summed E-state index contributed by atoms with van der Waals surface area (Å²) < 4.78 is 0. The molecule has 0 atom stereocenters. The highest BCUT2D eigenvalue weighted by molar-refractivity contribution is 6.62. The first kappa shape index (κ1) is 9.85. The minimum atomic E-state index is -0.294. The molecule has 0 unspecified atom stereocenters. The van der Waals surface area contributed by atoms with Crippen LogP contribution in [-0.4, -0.2) is 23.4 Å². The Morgan fingerprint density at radius 2 is 1.92 bits per heavy atom.